The van der Waals surface area contributed by atoms with Crippen LogP contribution in [0.4, 0.5) is 5.00 Å². The number of ketones is 1. The van der Waals surface area contributed by atoms with E-state index in [9.17, 15) is 14.4 Å². The molecule has 0 aliphatic carbocycles. The number of hydrogen-bond donors (Lipinski definition) is 1. The molecule has 1 N–H and O–H groups in total. The van der Waals surface area contributed by atoms with Crippen LogP contribution in [0.25, 0.3) is 21.9 Å². The van der Waals surface area contributed by atoms with Gasteiger partial charge in [-0.2, -0.15) is 0 Å². The highest BCUT2D eigenvalue weighted by Crippen LogP contribution is 2.32. The summed E-state index contributed by atoms with van der Waals surface area (Å²) in [6.45, 7) is 5.03. The number of hydrogen-bond acceptors (Lipinski definition) is 5. The van der Waals surface area contributed by atoms with E-state index in [1.807, 2.05) is 35.0 Å². The zero-order chi connectivity index (χ0) is 25.2. The van der Waals surface area contributed by atoms with Gasteiger partial charge in [-0.1, -0.05) is 26.3 Å². The van der Waals surface area contributed by atoms with Crippen molar-refractivity contribution in [2.24, 2.45) is 5.92 Å². The first-order chi connectivity index (χ1) is 17.5. The molecule has 1 aliphatic rings. The minimum absolute atomic E-state index is 0.0536. The van der Waals surface area contributed by atoms with Crippen molar-refractivity contribution in [1.82, 2.24) is 14.5 Å². The van der Waals surface area contributed by atoms with Crippen LogP contribution in [0.3, 0.4) is 0 Å². The van der Waals surface area contributed by atoms with E-state index >= 15 is 0 Å². The van der Waals surface area contributed by atoms with Gasteiger partial charge < -0.3 is 14.5 Å². The van der Waals surface area contributed by atoms with Gasteiger partial charge >= 0.3 is 0 Å². The second-order valence-corrected chi connectivity index (χ2v) is 10.5. The molecule has 2 atom stereocenters. The molecule has 8 heteroatoms. The predicted molar refractivity (Wildman–Crippen MR) is 145 cm³/mol. The molecular weight excluding hydrogens is 472 g/mol. The Morgan fingerprint density at radius 3 is 2.86 bits per heavy atom. The minimum Gasteiger partial charge on any atom is -0.346 e. The summed E-state index contributed by atoms with van der Waals surface area (Å²) in [6.07, 6.45) is 11.1. The number of rotatable bonds is 9. The standard InChI is InChI=1S/C28H30N4O3S/c1-3-6-18(2)21(32-25(35)12-10-19-17-30-28-20(27(19)32)14-15-29-28)7-4-8-22(33)23-11-13-26(36-23)31-16-5-9-24(31)34/h4,8,10-15,17-18,21H,3,5-7,9,16H2,1-2H3,(H,29,30)/b8-4-/t18-,21+/m1/s1. The average Bonchev–Trinajstić information content (AvgIpc) is 3.62. The molecule has 5 heterocycles. The van der Waals surface area contributed by atoms with Gasteiger partial charge in [-0.25, -0.2) is 4.98 Å². The Balaban J connectivity index is 1.45. The topological polar surface area (TPSA) is 88.1 Å². The summed E-state index contributed by atoms with van der Waals surface area (Å²) in [5, 5.41) is 2.66. The fourth-order valence-corrected chi connectivity index (χ4v) is 6.17. The number of nitrogens with one attached hydrogen (secondary N) is 1. The summed E-state index contributed by atoms with van der Waals surface area (Å²) in [7, 11) is 0. The molecule has 36 heavy (non-hydrogen) atoms. The van der Waals surface area contributed by atoms with Crippen molar-refractivity contribution in [3.8, 4) is 0 Å². The second-order valence-electron chi connectivity index (χ2n) is 9.47. The number of nitrogens with zero attached hydrogens (tertiary/aromatic N) is 3. The Labute approximate surface area is 213 Å². The number of carbonyl (C=O) groups excluding carboxylic acids is 2. The van der Waals surface area contributed by atoms with E-state index in [1.54, 1.807) is 29.3 Å². The predicted octanol–water partition coefficient (Wildman–Crippen LogP) is 5.87. The average molecular weight is 503 g/mol. The van der Waals surface area contributed by atoms with E-state index in [4.69, 9.17) is 0 Å². The molecule has 1 saturated heterocycles. The Kier molecular flexibility index (Phi) is 6.87. The zero-order valence-electron chi connectivity index (χ0n) is 20.6. The van der Waals surface area contributed by atoms with Crippen molar-refractivity contribution in [2.75, 3.05) is 11.4 Å². The number of carbonyl (C=O) groups is 2. The lowest BCUT2D eigenvalue weighted by Gasteiger charge is -2.27. The van der Waals surface area contributed by atoms with Gasteiger partial charge in [0.25, 0.3) is 5.56 Å². The molecule has 186 valence electrons. The molecule has 4 aromatic rings. The number of aromatic amines is 1. The minimum atomic E-state index is -0.105. The molecule has 4 aromatic heterocycles. The maximum absolute atomic E-state index is 13.2. The molecule has 7 nitrogen and oxygen atoms in total. The van der Waals surface area contributed by atoms with Crippen molar-refractivity contribution < 1.29 is 9.59 Å². The Hall–Kier alpha value is -3.52. The van der Waals surface area contributed by atoms with Gasteiger partial charge in [0.1, 0.15) is 5.65 Å². The third kappa shape index (κ3) is 4.53. The number of aromatic nitrogens is 3. The van der Waals surface area contributed by atoms with E-state index in [2.05, 4.69) is 23.8 Å². The number of amides is 1. The van der Waals surface area contributed by atoms with Crippen LogP contribution in [-0.2, 0) is 4.79 Å². The molecule has 0 radical (unpaired) electrons. The molecule has 0 aromatic carbocycles. The normalized spacial score (nSPS) is 15.9. The first-order valence-corrected chi connectivity index (χ1v) is 13.4. The number of H-pyrrole nitrogens is 1. The molecule has 0 spiro atoms. The van der Waals surface area contributed by atoms with Gasteiger partial charge in [0.2, 0.25) is 5.91 Å². The van der Waals surface area contributed by atoms with Crippen molar-refractivity contribution in [3.63, 3.8) is 0 Å². The van der Waals surface area contributed by atoms with Crippen LogP contribution in [0, 0.1) is 5.92 Å². The molecule has 5 rings (SSSR count). The second kappa shape index (κ2) is 10.2. The first kappa shape index (κ1) is 24.2. The Bertz CT molecular complexity index is 1510. The van der Waals surface area contributed by atoms with Gasteiger partial charge in [-0.3, -0.25) is 14.4 Å². The largest absolute Gasteiger partial charge is 0.346 e. The van der Waals surface area contributed by atoms with Crippen molar-refractivity contribution in [1.29, 1.82) is 0 Å². The lowest BCUT2D eigenvalue weighted by atomic mass is 9.93. The fraction of sp³-hybridized carbons (Fsp3) is 0.357. The number of anilines is 1. The molecular formula is C28H30N4O3S. The van der Waals surface area contributed by atoms with Gasteiger partial charge in [0, 0.05) is 48.2 Å². The third-order valence-corrected chi connectivity index (χ3v) is 8.15. The Morgan fingerprint density at radius 1 is 1.22 bits per heavy atom. The van der Waals surface area contributed by atoms with E-state index in [-0.39, 0.29) is 29.2 Å². The van der Waals surface area contributed by atoms with Crippen LogP contribution in [0.1, 0.15) is 61.7 Å². The van der Waals surface area contributed by atoms with Crippen LogP contribution < -0.4 is 10.5 Å². The van der Waals surface area contributed by atoms with Gasteiger partial charge in [-0.15, -0.1) is 11.3 Å². The highest BCUT2D eigenvalue weighted by atomic mass is 32.1. The number of fused-ring (bicyclic) bond motifs is 3. The van der Waals surface area contributed by atoms with Crippen molar-refractivity contribution >= 4 is 50.0 Å². The van der Waals surface area contributed by atoms with Crippen molar-refractivity contribution in [3.05, 3.63) is 70.1 Å². The van der Waals surface area contributed by atoms with Gasteiger partial charge in [0.05, 0.1) is 15.4 Å². The van der Waals surface area contributed by atoms with Crippen LogP contribution in [-0.4, -0.2) is 32.8 Å². The van der Waals surface area contributed by atoms with E-state index in [0.717, 1.165) is 46.2 Å². The summed E-state index contributed by atoms with van der Waals surface area (Å²) < 4.78 is 1.89. The summed E-state index contributed by atoms with van der Waals surface area (Å²) in [5.41, 5.74) is 1.57. The molecule has 0 bridgehead atoms. The zero-order valence-corrected chi connectivity index (χ0v) is 21.4. The van der Waals surface area contributed by atoms with Crippen LogP contribution in [0.5, 0.6) is 0 Å². The molecule has 1 amide bonds. The highest BCUT2D eigenvalue weighted by Gasteiger charge is 2.24. The number of pyridine rings is 2. The Morgan fingerprint density at radius 2 is 2.08 bits per heavy atom. The monoisotopic (exact) mass is 502 g/mol. The number of thiophene rings is 1. The van der Waals surface area contributed by atoms with Crippen LogP contribution in [0.2, 0.25) is 0 Å². The molecule has 1 aliphatic heterocycles. The van der Waals surface area contributed by atoms with E-state index in [0.29, 0.717) is 24.3 Å². The summed E-state index contributed by atoms with van der Waals surface area (Å²) in [5.74, 6) is 0.267. The SMILES string of the molecule is CCC[C@@H](C)[C@H](C/C=C\C(=O)c1ccc(N2CCCC2=O)s1)n1c(=O)ccc2cnc3[nH]ccc3c21. The number of allylic oxidation sites excluding steroid dienone is 2. The van der Waals surface area contributed by atoms with E-state index < -0.39 is 0 Å². The third-order valence-electron chi connectivity index (χ3n) is 7.02. The maximum Gasteiger partial charge on any atom is 0.251 e. The summed E-state index contributed by atoms with van der Waals surface area (Å²) >= 11 is 1.36. The highest BCUT2D eigenvalue weighted by molar-refractivity contribution is 7.18. The summed E-state index contributed by atoms with van der Waals surface area (Å²) in [4.78, 5) is 48.2. The van der Waals surface area contributed by atoms with Gasteiger partial charge in [-0.05, 0) is 55.5 Å². The molecule has 0 saturated carbocycles. The molecule has 1 fully saturated rings. The van der Waals surface area contributed by atoms with Crippen molar-refractivity contribution in [2.45, 2.75) is 52.0 Å². The quantitative estimate of drug-likeness (QED) is 0.229. The van der Waals surface area contributed by atoms with Crippen LogP contribution in [0.15, 0.2) is 59.7 Å². The first-order valence-electron chi connectivity index (χ1n) is 12.6. The lowest BCUT2D eigenvalue weighted by Crippen LogP contribution is -2.28. The maximum atomic E-state index is 13.2. The van der Waals surface area contributed by atoms with Crippen LogP contribution >= 0.6 is 11.3 Å². The van der Waals surface area contributed by atoms with Gasteiger partial charge in [0.15, 0.2) is 5.78 Å². The molecule has 0 unspecified atom stereocenters. The van der Waals surface area contributed by atoms with E-state index in [1.165, 1.54) is 11.3 Å². The fourth-order valence-electron chi connectivity index (χ4n) is 5.20. The lowest BCUT2D eigenvalue weighted by molar-refractivity contribution is -0.117. The summed E-state index contributed by atoms with van der Waals surface area (Å²) in [6, 6.07) is 8.93. The smallest absolute Gasteiger partial charge is 0.251 e.